The SMILES string of the molecule is CCC1CCC(N(C)Cc2ccc(F)cc2C(N)=S)CC1. The average Bonchev–Trinajstić information content (AvgIpc) is 2.49. The maximum Gasteiger partial charge on any atom is 0.123 e. The molecule has 0 bridgehead atoms. The van der Waals surface area contributed by atoms with Gasteiger partial charge >= 0.3 is 0 Å². The van der Waals surface area contributed by atoms with Crippen molar-refractivity contribution in [3.05, 3.63) is 35.1 Å². The lowest BCUT2D eigenvalue weighted by atomic mass is 9.84. The summed E-state index contributed by atoms with van der Waals surface area (Å²) in [6.45, 7) is 3.05. The summed E-state index contributed by atoms with van der Waals surface area (Å²) >= 11 is 5.04. The van der Waals surface area contributed by atoms with Crippen molar-refractivity contribution >= 4 is 17.2 Å². The molecule has 0 amide bonds. The molecule has 0 aliphatic heterocycles. The van der Waals surface area contributed by atoms with E-state index in [4.69, 9.17) is 18.0 Å². The Morgan fingerprint density at radius 2 is 2.00 bits per heavy atom. The summed E-state index contributed by atoms with van der Waals surface area (Å²) in [5, 5.41) is 0. The van der Waals surface area contributed by atoms with Gasteiger partial charge in [-0.25, -0.2) is 4.39 Å². The predicted octanol–water partition coefficient (Wildman–Crippen LogP) is 3.86. The highest BCUT2D eigenvalue weighted by atomic mass is 32.1. The number of hydrogen-bond acceptors (Lipinski definition) is 2. The van der Waals surface area contributed by atoms with Crippen LogP contribution in [0, 0.1) is 11.7 Å². The minimum atomic E-state index is -0.285. The van der Waals surface area contributed by atoms with Gasteiger partial charge in [-0.15, -0.1) is 0 Å². The van der Waals surface area contributed by atoms with Crippen LogP contribution in [-0.4, -0.2) is 23.0 Å². The van der Waals surface area contributed by atoms with Crippen molar-refractivity contribution in [2.24, 2.45) is 11.7 Å². The Bertz CT molecular complexity index is 496. The van der Waals surface area contributed by atoms with Crippen LogP contribution < -0.4 is 5.73 Å². The van der Waals surface area contributed by atoms with Crippen molar-refractivity contribution < 1.29 is 4.39 Å². The van der Waals surface area contributed by atoms with E-state index < -0.39 is 0 Å². The fourth-order valence-electron chi connectivity index (χ4n) is 3.31. The summed E-state index contributed by atoms with van der Waals surface area (Å²) in [5.41, 5.74) is 7.40. The third kappa shape index (κ3) is 4.24. The molecule has 1 aromatic rings. The Balaban J connectivity index is 2.03. The lowest BCUT2D eigenvalue weighted by Gasteiger charge is -2.34. The van der Waals surface area contributed by atoms with Crippen LogP contribution in [0.25, 0.3) is 0 Å². The van der Waals surface area contributed by atoms with E-state index in [2.05, 4.69) is 18.9 Å². The van der Waals surface area contributed by atoms with Gasteiger partial charge in [0, 0.05) is 18.2 Å². The van der Waals surface area contributed by atoms with E-state index >= 15 is 0 Å². The number of halogens is 1. The maximum atomic E-state index is 13.4. The zero-order chi connectivity index (χ0) is 15.4. The second-order valence-electron chi connectivity index (χ2n) is 6.16. The van der Waals surface area contributed by atoms with Crippen LogP contribution >= 0.6 is 12.2 Å². The van der Waals surface area contributed by atoms with Gasteiger partial charge in [0.15, 0.2) is 0 Å². The number of nitrogens with two attached hydrogens (primary N) is 1. The molecule has 0 heterocycles. The molecule has 1 fully saturated rings. The van der Waals surface area contributed by atoms with Crippen LogP contribution in [0.5, 0.6) is 0 Å². The molecule has 2 rings (SSSR count). The second-order valence-corrected chi connectivity index (χ2v) is 6.60. The van der Waals surface area contributed by atoms with Crippen LogP contribution in [0.2, 0.25) is 0 Å². The monoisotopic (exact) mass is 308 g/mol. The largest absolute Gasteiger partial charge is 0.389 e. The lowest BCUT2D eigenvalue weighted by Crippen LogP contribution is -2.35. The highest BCUT2D eigenvalue weighted by molar-refractivity contribution is 7.80. The van der Waals surface area contributed by atoms with E-state index in [-0.39, 0.29) is 10.8 Å². The minimum absolute atomic E-state index is 0.271. The van der Waals surface area contributed by atoms with Crippen molar-refractivity contribution in [2.75, 3.05) is 7.05 Å². The van der Waals surface area contributed by atoms with E-state index in [0.717, 1.165) is 18.0 Å². The number of thiocarbonyl (C=S) groups is 1. The first-order valence-corrected chi connectivity index (χ1v) is 8.20. The lowest BCUT2D eigenvalue weighted by molar-refractivity contribution is 0.157. The molecule has 0 aromatic heterocycles. The summed E-state index contributed by atoms with van der Waals surface area (Å²) in [6, 6.07) is 5.34. The Morgan fingerprint density at radius 1 is 1.33 bits per heavy atom. The van der Waals surface area contributed by atoms with Crippen molar-refractivity contribution in [1.82, 2.24) is 4.90 Å². The first-order chi connectivity index (χ1) is 10.0. The Labute approximate surface area is 132 Å². The summed E-state index contributed by atoms with van der Waals surface area (Å²) in [5.74, 6) is 0.611. The standard InChI is InChI=1S/C17H25FN2S/c1-3-12-4-8-15(9-5-12)20(2)11-13-6-7-14(18)10-16(13)17(19)21/h6-7,10,12,15H,3-5,8-9,11H2,1-2H3,(H2,19,21). The van der Waals surface area contributed by atoms with Crippen LogP contribution in [0.3, 0.4) is 0 Å². The summed E-state index contributed by atoms with van der Waals surface area (Å²) in [7, 11) is 2.14. The number of hydrogen-bond donors (Lipinski definition) is 1. The zero-order valence-corrected chi connectivity index (χ0v) is 13.8. The highest BCUT2D eigenvalue weighted by Crippen LogP contribution is 2.29. The molecule has 0 saturated heterocycles. The van der Waals surface area contributed by atoms with Gasteiger partial charge in [-0.05, 0) is 56.3 Å². The molecule has 2 nitrogen and oxygen atoms in total. The van der Waals surface area contributed by atoms with Crippen molar-refractivity contribution in [3.8, 4) is 0 Å². The van der Waals surface area contributed by atoms with Crippen LogP contribution in [0.15, 0.2) is 18.2 Å². The van der Waals surface area contributed by atoms with E-state index in [1.165, 1.54) is 44.2 Å². The summed E-state index contributed by atoms with van der Waals surface area (Å²) in [6.07, 6.45) is 6.42. The molecule has 21 heavy (non-hydrogen) atoms. The molecule has 1 aliphatic rings. The molecule has 116 valence electrons. The zero-order valence-electron chi connectivity index (χ0n) is 12.9. The van der Waals surface area contributed by atoms with Gasteiger partial charge in [0.2, 0.25) is 0 Å². The van der Waals surface area contributed by atoms with Gasteiger partial charge in [-0.3, -0.25) is 4.90 Å². The molecule has 0 atom stereocenters. The average molecular weight is 308 g/mol. The fraction of sp³-hybridized carbons (Fsp3) is 0.588. The van der Waals surface area contributed by atoms with Gasteiger partial charge in [0.1, 0.15) is 10.8 Å². The molecule has 0 spiro atoms. The van der Waals surface area contributed by atoms with Crippen molar-refractivity contribution in [3.63, 3.8) is 0 Å². The number of benzene rings is 1. The Morgan fingerprint density at radius 3 is 2.57 bits per heavy atom. The van der Waals surface area contributed by atoms with E-state index in [0.29, 0.717) is 11.6 Å². The first-order valence-electron chi connectivity index (χ1n) is 7.79. The molecular weight excluding hydrogens is 283 g/mol. The smallest absolute Gasteiger partial charge is 0.123 e. The molecule has 4 heteroatoms. The molecular formula is C17H25FN2S. The second kappa shape index (κ2) is 7.32. The van der Waals surface area contributed by atoms with E-state index in [1.54, 1.807) is 6.07 Å². The third-order valence-electron chi connectivity index (χ3n) is 4.77. The highest BCUT2D eigenvalue weighted by Gasteiger charge is 2.23. The summed E-state index contributed by atoms with van der Waals surface area (Å²) < 4.78 is 13.4. The Kier molecular flexibility index (Phi) is 5.71. The van der Waals surface area contributed by atoms with Crippen molar-refractivity contribution in [1.29, 1.82) is 0 Å². The van der Waals surface area contributed by atoms with E-state index in [1.807, 2.05) is 0 Å². The quantitative estimate of drug-likeness (QED) is 0.838. The minimum Gasteiger partial charge on any atom is -0.389 e. The molecule has 1 aromatic carbocycles. The van der Waals surface area contributed by atoms with Crippen LogP contribution in [0.4, 0.5) is 4.39 Å². The molecule has 2 N–H and O–H groups in total. The van der Waals surface area contributed by atoms with E-state index in [9.17, 15) is 4.39 Å². The van der Waals surface area contributed by atoms with Gasteiger partial charge in [0.25, 0.3) is 0 Å². The van der Waals surface area contributed by atoms with Gasteiger partial charge in [0.05, 0.1) is 0 Å². The fourth-order valence-corrected chi connectivity index (χ4v) is 3.50. The van der Waals surface area contributed by atoms with Crippen LogP contribution in [-0.2, 0) is 6.54 Å². The molecule has 1 saturated carbocycles. The maximum absolute atomic E-state index is 13.4. The van der Waals surface area contributed by atoms with Crippen LogP contribution in [0.1, 0.15) is 50.2 Å². The molecule has 0 unspecified atom stereocenters. The topological polar surface area (TPSA) is 29.3 Å². The third-order valence-corrected chi connectivity index (χ3v) is 4.99. The van der Waals surface area contributed by atoms with Gasteiger partial charge < -0.3 is 5.73 Å². The van der Waals surface area contributed by atoms with Gasteiger partial charge in [-0.2, -0.15) is 0 Å². The van der Waals surface area contributed by atoms with Crippen molar-refractivity contribution in [2.45, 2.75) is 51.6 Å². The predicted molar refractivity (Wildman–Crippen MR) is 89.8 cm³/mol. The van der Waals surface area contributed by atoms with Gasteiger partial charge in [-0.1, -0.05) is 31.6 Å². The number of nitrogens with zero attached hydrogens (tertiary/aromatic N) is 1. The Hall–Kier alpha value is -1.00. The normalized spacial score (nSPS) is 22.5. The molecule has 0 radical (unpaired) electrons. The number of rotatable bonds is 5. The first kappa shape index (κ1) is 16.4. The molecule has 1 aliphatic carbocycles. The summed E-state index contributed by atoms with van der Waals surface area (Å²) in [4.78, 5) is 2.63.